The van der Waals surface area contributed by atoms with Crippen LogP contribution in [0.4, 0.5) is 0 Å². The Morgan fingerprint density at radius 2 is 2.10 bits per heavy atom. The van der Waals surface area contributed by atoms with E-state index < -0.39 is 22.7 Å². The van der Waals surface area contributed by atoms with Crippen LogP contribution in [-0.4, -0.2) is 42.0 Å². The van der Waals surface area contributed by atoms with Gasteiger partial charge in [0.1, 0.15) is 5.52 Å². The smallest absolute Gasteiger partial charge is 0.351 e. The van der Waals surface area contributed by atoms with Crippen LogP contribution >= 0.6 is 0 Å². The monoisotopic (exact) mass is 394 g/mol. The summed E-state index contributed by atoms with van der Waals surface area (Å²) in [5, 5.41) is 13.0. The first-order valence-corrected chi connectivity index (χ1v) is 8.71. The lowest BCUT2D eigenvalue weighted by molar-refractivity contribution is 0.0936. The zero-order valence-electron chi connectivity index (χ0n) is 15.5. The van der Waals surface area contributed by atoms with Crippen LogP contribution in [-0.2, 0) is 4.74 Å². The lowest BCUT2D eigenvalue weighted by atomic mass is 10.1. The molecule has 0 aliphatic heterocycles. The minimum absolute atomic E-state index is 0.0265. The summed E-state index contributed by atoms with van der Waals surface area (Å²) in [4.78, 5) is 40.6. The summed E-state index contributed by atoms with van der Waals surface area (Å²) in [7, 11) is 1.54. The first kappa shape index (κ1) is 20.0. The van der Waals surface area contributed by atoms with Crippen molar-refractivity contribution in [3.05, 3.63) is 75.8 Å². The highest BCUT2D eigenvalue weighted by Crippen LogP contribution is 2.24. The van der Waals surface area contributed by atoms with Crippen molar-refractivity contribution in [2.45, 2.75) is 0 Å². The van der Waals surface area contributed by atoms with Crippen LogP contribution in [0.25, 0.3) is 17.2 Å². The van der Waals surface area contributed by atoms with Crippen molar-refractivity contribution in [3.63, 3.8) is 0 Å². The Hall–Kier alpha value is -3.78. The Balaban J connectivity index is 1.83. The largest absolute Gasteiger partial charge is 0.505 e. The number of ketones is 1. The molecule has 1 aromatic carbocycles. The zero-order valence-corrected chi connectivity index (χ0v) is 15.5. The van der Waals surface area contributed by atoms with E-state index in [-0.39, 0.29) is 17.0 Å². The fraction of sp³-hybridized carbons (Fsp3) is 0.143. The van der Waals surface area contributed by atoms with Gasteiger partial charge < -0.3 is 19.6 Å². The molecule has 1 amide bonds. The lowest BCUT2D eigenvalue weighted by Crippen LogP contribution is -2.26. The summed E-state index contributed by atoms with van der Waals surface area (Å²) < 4.78 is 9.93. The van der Waals surface area contributed by atoms with Crippen LogP contribution in [0.1, 0.15) is 26.3 Å². The van der Waals surface area contributed by atoms with Gasteiger partial charge in [-0.25, -0.2) is 9.78 Å². The number of nitrogens with one attached hydrogen (secondary N) is 1. The van der Waals surface area contributed by atoms with Gasteiger partial charge in [0.15, 0.2) is 22.7 Å². The molecule has 3 aromatic rings. The second kappa shape index (κ2) is 8.94. The van der Waals surface area contributed by atoms with Gasteiger partial charge in [0.05, 0.1) is 6.61 Å². The molecule has 0 saturated heterocycles. The fourth-order valence-corrected chi connectivity index (χ4v) is 2.64. The summed E-state index contributed by atoms with van der Waals surface area (Å²) in [6, 6.07) is 9.61. The number of allylic oxidation sites excluding steroid dienone is 1. The van der Waals surface area contributed by atoms with Crippen LogP contribution in [0, 0.1) is 0 Å². The van der Waals surface area contributed by atoms with Gasteiger partial charge in [-0.2, -0.15) is 0 Å². The van der Waals surface area contributed by atoms with Crippen LogP contribution in [0.5, 0.6) is 5.75 Å². The van der Waals surface area contributed by atoms with Gasteiger partial charge in [0, 0.05) is 25.4 Å². The Kier molecular flexibility index (Phi) is 6.16. The second-order valence-corrected chi connectivity index (χ2v) is 6.04. The standard InChI is InChI=1S/C21H18N2O6/c1-28-11-10-23-20(26)14-5-2-4-13(12-14)7-8-15(24)17-19(25)18-16(29-21(17)27)6-3-9-22-18/h2-9,12,25H,10-11H2,1H3,(H,23,26). The molecule has 8 nitrogen and oxygen atoms in total. The number of methoxy groups -OCH3 is 1. The number of ether oxygens (including phenoxy) is 1. The molecule has 0 aliphatic carbocycles. The van der Waals surface area contributed by atoms with E-state index in [1.54, 1.807) is 37.4 Å². The molecular weight excluding hydrogens is 376 g/mol. The average Bonchev–Trinajstić information content (AvgIpc) is 2.72. The van der Waals surface area contributed by atoms with Crippen LogP contribution < -0.4 is 10.9 Å². The van der Waals surface area contributed by atoms with Crippen molar-refractivity contribution in [3.8, 4) is 5.75 Å². The minimum Gasteiger partial charge on any atom is -0.505 e. The first-order chi connectivity index (χ1) is 14.0. The molecule has 2 N–H and O–H groups in total. The number of hydrogen-bond acceptors (Lipinski definition) is 7. The number of carbonyl (C=O) groups excluding carboxylic acids is 2. The van der Waals surface area contributed by atoms with Crippen molar-refractivity contribution < 1.29 is 23.8 Å². The van der Waals surface area contributed by atoms with E-state index in [0.29, 0.717) is 24.3 Å². The molecule has 148 valence electrons. The van der Waals surface area contributed by atoms with Gasteiger partial charge in [-0.1, -0.05) is 18.2 Å². The summed E-state index contributed by atoms with van der Waals surface area (Å²) in [5.74, 6) is -1.54. The molecule has 0 spiro atoms. The number of pyridine rings is 1. The lowest BCUT2D eigenvalue weighted by Gasteiger charge is -2.05. The Labute approximate surface area is 165 Å². The van der Waals surface area contributed by atoms with Crippen molar-refractivity contribution in [2.24, 2.45) is 0 Å². The van der Waals surface area contributed by atoms with Crippen LogP contribution in [0.15, 0.2) is 57.9 Å². The van der Waals surface area contributed by atoms with Crippen LogP contribution in [0.3, 0.4) is 0 Å². The zero-order chi connectivity index (χ0) is 20.8. The molecule has 29 heavy (non-hydrogen) atoms. The number of fused-ring (bicyclic) bond motifs is 1. The number of hydrogen-bond donors (Lipinski definition) is 2. The molecule has 0 unspecified atom stereocenters. The maximum atomic E-state index is 12.5. The van der Waals surface area contributed by atoms with E-state index in [1.807, 2.05) is 0 Å². The predicted molar refractivity (Wildman–Crippen MR) is 106 cm³/mol. The molecule has 0 atom stereocenters. The number of rotatable bonds is 7. The highest BCUT2D eigenvalue weighted by atomic mass is 16.5. The Bertz CT molecular complexity index is 1150. The average molecular weight is 394 g/mol. The quantitative estimate of drug-likeness (QED) is 0.358. The van der Waals surface area contributed by atoms with E-state index in [1.165, 1.54) is 18.3 Å². The van der Waals surface area contributed by atoms with Gasteiger partial charge >= 0.3 is 5.63 Å². The third-order valence-electron chi connectivity index (χ3n) is 4.05. The molecule has 8 heteroatoms. The summed E-state index contributed by atoms with van der Waals surface area (Å²) in [6.45, 7) is 0.769. The number of nitrogens with zero attached hydrogens (tertiary/aromatic N) is 1. The highest BCUT2D eigenvalue weighted by Gasteiger charge is 2.19. The van der Waals surface area contributed by atoms with E-state index >= 15 is 0 Å². The molecule has 0 fully saturated rings. The van der Waals surface area contributed by atoms with E-state index in [0.717, 1.165) is 6.08 Å². The molecule has 0 aliphatic rings. The molecule has 0 bridgehead atoms. The Morgan fingerprint density at radius 1 is 1.28 bits per heavy atom. The number of carbonyl (C=O) groups is 2. The third kappa shape index (κ3) is 4.56. The molecule has 2 heterocycles. The van der Waals surface area contributed by atoms with Crippen molar-refractivity contribution in [1.29, 1.82) is 0 Å². The first-order valence-electron chi connectivity index (χ1n) is 8.71. The molecule has 2 aromatic heterocycles. The fourth-order valence-electron chi connectivity index (χ4n) is 2.64. The molecule has 3 rings (SSSR count). The number of aromatic hydroxyl groups is 1. The van der Waals surface area contributed by atoms with E-state index in [4.69, 9.17) is 9.15 Å². The Morgan fingerprint density at radius 3 is 2.90 bits per heavy atom. The highest BCUT2D eigenvalue weighted by molar-refractivity contribution is 6.10. The topological polar surface area (TPSA) is 119 Å². The third-order valence-corrected chi connectivity index (χ3v) is 4.05. The normalized spacial score (nSPS) is 11.1. The van der Waals surface area contributed by atoms with Crippen molar-refractivity contribution in [1.82, 2.24) is 10.3 Å². The maximum Gasteiger partial charge on any atom is 0.351 e. The molecular formula is C21H18N2O6. The summed E-state index contributed by atoms with van der Waals surface area (Å²) >= 11 is 0. The van der Waals surface area contributed by atoms with Gasteiger partial charge in [-0.3, -0.25) is 9.59 Å². The summed E-state index contributed by atoms with van der Waals surface area (Å²) in [6.07, 6.45) is 3.98. The minimum atomic E-state index is -0.955. The van der Waals surface area contributed by atoms with Gasteiger partial charge in [-0.15, -0.1) is 0 Å². The van der Waals surface area contributed by atoms with E-state index in [2.05, 4.69) is 10.3 Å². The van der Waals surface area contributed by atoms with E-state index in [9.17, 15) is 19.5 Å². The van der Waals surface area contributed by atoms with Gasteiger partial charge in [0.25, 0.3) is 5.91 Å². The number of amides is 1. The second-order valence-electron chi connectivity index (χ2n) is 6.04. The van der Waals surface area contributed by atoms with Crippen LogP contribution in [0.2, 0.25) is 0 Å². The van der Waals surface area contributed by atoms with Gasteiger partial charge in [0.2, 0.25) is 0 Å². The summed E-state index contributed by atoms with van der Waals surface area (Å²) in [5.41, 5.74) is -0.361. The van der Waals surface area contributed by atoms with Gasteiger partial charge in [-0.05, 0) is 35.9 Å². The number of benzene rings is 1. The maximum absolute atomic E-state index is 12.5. The molecule has 0 radical (unpaired) electrons. The SMILES string of the molecule is COCCNC(=O)c1cccc(C=CC(=O)c2c(O)c3ncccc3oc2=O)c1. The number of aromatic nitrogens is 1. The van der Waals surface area contributed by atoms with Crippen molar-refractivity contribution in [2.75, 3.05) is 20.3 Å². The predicted octanol–water partition coefficient (Wildman–Crippen LogP) is 2.17. The molecule has 0 saturated carbocycles. The van der Waals surface area contributed by atoms with Crippen molar-refractivity contribution >= 4 is 28.9 Å².